The molecule has 0 spiro atoms. The molecule has 0 aromatic heterocycles. The third kappa shape index (κ3) is 6.35. The van der Waals surface area contributed by atoms with Crippen LogP contribution in [0, 0.1) is 0 Å². The molecule has 2 rings (SSSR count). The Morgan fingerprint density at radius 1 is 1.17 bits per heavy atom. The topological polar surface area (TPSA) is 65.0 Å². The van der Waals surface area contributed by atoms with Gasteiger partial charge in [-0.15, -0.1) is 12.4 Å². The smallest absolute Gasteiger partial charge is 0.225 e. The number of hydrogen-bond donors (Lipinski definition) is 2. The number of ether oxygens (including phenoxy) is 1. The summed E-state index contributed by atoms with van der Waals surface area (Å²) in [6.45, 7) is 5.50. The van der Waals surface area contributed by atoms with Crippen molar-refractivity contribution in [3.63, 3.8) is 0 Å². The summed E-state index contributed by atoms with van der Waals surface area (Å²) in [6, 6.07) is 7.42. The molecule has 0 aliphatic carbocycles. The van der Waals surface area contributed by atoms with Gasteiger partial charge in [-0.2, -0.15) is 0 Å². The maximum Gasteiger partial charge on any atom is 0.225 e. The third-order valence-electron chi connectivity index (χ3n) is 3.92. The standard InChI is InChI=1S/C16H25N3O3.ClH/c1-22-15-5-3-2-4-14(15)17-16(21)6-7-18-8-10-19(11-9-18)12-13-20;/h2-5,20H,6-13H2,1H3,(H,17,21);1H. The van der Waals surface area contributed by atoms with Crippen molar-refractivity contribution >= 4 is 24.0 Å². The van der Waals surface area contributed by atoms with E-state index in [2.05, 4.69) is 15.1 Å². The fraction of sp³-hybridized carbons (Fsp3) is 0.562. The zero-order chi connectivity index (χ0) is 15.8. The van der Waals surface area contributed by atoms with Gasteiger partial charge in [0.2, 0.25) is 5.91 Å². The number of nitrogens with zero attached hydrogens (tertiary/aromatic N) is 2. The molecule has 7 heteroatoms. The lowest BCUT2D eigenvalue weighted by atomic mass is 10.2. The number of para-hydroxylation sites is 2. The molecule has 0 radical (unpaired) electrons. The van der Waals surface area contributed by atoms with Crippen LogP contribution in [-0.2, 0) is 4.79 Å². The predicted octanol–water partition coefficient (Wildman–Crippen LogP) is 1.06. The molecule has 1 aliphatic heterocycles. The number of aliphatic hydroxyl groups is 1. The highest BCUT2D eigenvalue weighted by Gasteiger charge is 2.17. The minimum atomic E-state index is 0. The van der Waals surface area contributed by atoms with Crippen LogP contribution in [0.15, 0.2) is 24.3 Å². The maximum atomic E-state index is 12.1. The normalized spacial score (nSPS) is 15.7. The van der Waals surface area contributed by atoms with E-state index in [1.165, 1.54) is 0 Å². The summed E-state index contributed by atoms with van der Waals surface area (Å²) < 4.78 is 5.22. The average Bonchev–Trinajstić information content (AvgIpc) is 2.55. The average molecular weight is 344 g/mol. The van der Waals surface area contributed by atoms with Gasteiger partial charge < -0.3 is 20.1 Å². The van der Waals surface area contributed by atoms with E-state index in [1.54, 1.807) is 7.11 Å². The Bertz CT molecular complexity index is 479. The number of amides is 1. The number of benzene rings is 1. The summed E-state index contributed by atoms with van der Waals surface area (Å²) in [6.07, 6.45) is 0.470. The van der Waals surface area contributed by atoms with Gasteiger partial charge in [-0.1, -0.05) is 12.1 Å². The number of aliphatic hydroxyl groups excluding tert-OH is 1. The molecule has 0 bridgehead atoms. The molecule has 0 atom stereocenters. The second-order valence-corrected chi connectivity index (χ2v) is 5.41. The first-order valence-corrected chi connectivity index (χ1v) is 7.71. The molecular weight excluding hydrogens is 318 g/mol. The van der Waals surface area contributed by atoms with Gasteiger partial charge in [0, 0.05) is 45.7 Å². The lowest BCUT2D eigenvalue weighted by Crippen LogP contribution is -2.47. The first-order valence-electron chi connectivity index (χ1n) is 7.71. The summed E-state index contributed by atoms with van der Waals surface area (Å²) in [5.41, 5.74) is 0.711. The van der Waals surface area contributed by atoms with Crippen LogP contribution in [-0.4, -0.2) is 73.8 Å². The van der Waals surface area contributed by atoms with Gasteiger partial charge in [0.05, 0.1) is 19.4 Å². The summed E-state index contributed by atoms with van der Waals surface area (Å²) in [5, 5.41) is 11.8. The minimum Gasteiger partial charge on any atom is -0.495 e. The molecule has 0 saturated carbocycles. The lowest BCUT2D eigenvalue weighted by Gasteiger charge is -2.34. The molecule has 6 nitrogen and oxygen atoms in total. The van der Waals surface area contributed by atoms with Crippen LogP contribution in [0.5, 0.6) is 5.75 Å². The molecule has 1 aromatic carbocycles. The molecule has 1 saturated heterocycles. The monoisotopic (exact) mass is 343 g/mol. The highest BCUT2D eigenvalue weighted by molar-refractivity contribution is 5.92. The van der Waals surface area contributed by atoms with Crippen LogP contribution in [0.25, 0.3) is 0 Å². The summed E-state index contributed by atoms with van der Waals surface area (Å²) in [5.74, 6) is 0.677. The van der Waals surface area contributed by atoms with Crippen molar-refractivity contribution in [1.82, 2.24) is 9.80 Å². The van der Waals surface area contributed by atoms with Gasteiger partial charge in [-0.05, 0) is 12.1 Å². The molecule has 2 N–H and O–H groups in total. The Labute approximate surface area is 143 Å². The molecule has 1 heterocycles. The fourth-order valence-electron chi connectivity index (χ4n) is 2.60. The second kappa shape index (κ2) is 10.4. The van der Waals surface area contributed by atoms with Gasteiger partial charge in [-0.3, -0.25) is 9.69 Å². The molecule has 1 aromatic rings. The van der Waals surface area contributed by atoms with Gasteiger partial charge >= 0.3 is 0 Å². The minimum absolute atomic E-state index is 0. The zero-order valence-corrected chi connectivity index (χ0v) is 14.3. The number of halogens is 1. The number of piperazine rings is 1. The number of β-amino-alcohol motifs (C(OH)–C–C–N with tert-alkyl or cyclic N) is 1. The Morgan fingerprint density at radius 3 is 2.39 bits per heavy atom. The lowest BCUT2D eigenvalue weighted by molar-refractivity contribution is -0.116. The van der Waals surface area contributed by atoms with E-state index in [0.717, 1.165) is 39.3 Å². The third-order valence-corrected chi connectivity index (χ3v) is 3.92. The van der Waals surface area contributed by atoms with E-state index in [-0.39, 0.29) is 24.9 Å². The van der Waals surface area contributed by atoms with Crippen LogP contribution in [0.1, 0.15) is 6.42 Å². The number of hydrogen-bond acceptors (Lipinski definition) is 5. The molecular formula is C16H26ClN3O3. The van der Waals surface area contributed by atoms with Crippen molar-refractivity contribution in [2.75, 3.05) is 58.3 Å². The summed E-state index contributed by atoms with van der Waals surface area (Å²) >= 11 is 0. The SMILES string of the molecule is COc1ccccc1NC(=O)CCN1CCN(CCO)CC1.Cl. The van der Waals surface area contributed by atoms with Gasteiger partial charge in [0.25, 0.3) is 0 Å². The number of nitrogens with one attached hydrogen (secondary N) is 1. The first-order chi connectivity index (χ1) is 10.7. The van der Waals surface area contributed by atoms with E-state index < -0.39 is 0 Å². The number of anilines is 1. The van der Waals surface area contributed by atoms with Gasteiger partial charge in [0.15, 0.2) is 0 Å². The van der Waals surface area contributed by atoms with Crippen molar-refractivity contribution in [2.45, 2.75) is 6.42 Å². The Morgan fingerprint density at radius 2 is 1.78 bits per heavy atom. The molecule has 1 aliphatic rings. The van der Waals surface area contributed by atoms with E-state index in [9.17, 15) is 4.79 Å². The van der Waals surface area contributed by atoms with Crippen LogP contribution < -0.4 is 10.1 Å². The van der Waals surface area contributed by atoms with Crippen LogP contribution in [0.2, 0.25) is 0 Å². The molecule has 23 heavy (non-hydrogen) atoms. The van der Waals surface area contributed by atoms with E-state index in [4.69, 9.17) is 9.84 Å². The number of rotatable bonds is 7. The van der Waals surface area contributed by atoms with Gasteiger partial charge in [-0.25, -0.2) is 0 Å². The Hall–Kier alpha value is -1.34. The highest BCUT2D eigenvalue weighted by atomic mass is 35.5. The highest BCUT2D eigenvalue weighted by Crippen LogP contribution is 2.23. The summed E-state index contributed by atoms with van der Waals surface area (Å²) in [7, 11) is 1.59. The van der Waals surface area contributed by atoms with Crippen molar-refractivity contribution in [3.05, 3.63) is 24.3 Å². The summed E-state index contributed by atoms with van der Waals surface area (Å²) in [4.78, 5) is 16.6. The fourth-order valence-corrected chi connectivity index (χ4v) is 2.60. The Kier molecular flexibility index (Phi) is 8.94. The first kappa shape index (κ1) is 19.7. The van der Waals surface area contributed by atoms with Crippen molar-refractivity contribution in [3.8, 4) is 5.75 Å². The second-order valence-electron chi connectivity index (χ2n) is 5.41. The predicted molar refractivity (Wildman–Crippen MR) is 93.5 cm³/mol. The van der Waals surface area contributed by atoms with Crippen LogP contribution in [0.3, 0.4) is 0 Å². The molecule has 1 amide bonds. The number of methoxy groups -OCH3 is 1. The molecule has 0 unspecified atom stereocenters. The zero-order valence-electron chi connectivity index (χ0n) is 13.5. The largest absolute Gasteiger partial charge is 0.495 e. The number of carbonyl (C=O) groups is 1. The van der Waals surface area contributed by atoms with Crippen LogP contribution in [0.4, 0.5) is 5.69 Å². The van der Waals surface area contributed by atoms with Crippen molar-refractivity contribution in [1.29, 1.82) is 0 Å². The Balaban J connectivity index is 0.00000264. The van der Waals surface area contributed by atoms with Crippen LogP contribution >= 0.6 is 12.4 Å². The molecule has 130 valence electrons. The quantitative estimate of drug-likeness (QED) is 0.775. The van der Waals surface area contributed by atoms with E-state index in [1.807, 2.05) is 24.3 Å². The van der Waals surface area contributed by atoms with E-state index in [0.29, 0.717) is 17.9 Å². The van der Waals surface area contributed by atoms with E-state index >= 15 is 0 Å². The van der Waals surface area contributed by atoms with Crippen molar-refractivity contribution in [2.24, 2.45) is 0 Å². The maximum absolute atomic E-state index is 12.1. The van der Waals surface area contributed by atoms with Crippen molar-refractivity contribution < 1.29 is 14.6 Å². The molecule has 1 fully saturated rings. The number of carbonyl (C=O) groups excluding carboxylic acids is 1. The van der Waals surface area contributed by atoms with Gasteiger partial charge in [0.1, 0.15) is 5.75 Å².